The first-order valence-corrected chi connectivity index (χ1v) is 6.13. The van der Waals surface area contributed by atoms with Gasteiger partial charge in [0.2, 0.25) is 0 Å². The Kier molecular flexibility index (Phi) is 7.34. The van der Waals surface area contributed by atoms with Crippen LogP contribution in [-0.2, 0) is 4.79 Å². The largest absolute Gasteiger partial charge is 0.548 e. The third kappa shape index (κ3) is 6.81. The molecule has 2 atom stereocenters. The third-order valence-electron chi connectivity index (χ3n) is 2.76. The van der Waals surface area contributed by atoms with E-state index in [0.29, 0.717) is 18.9 Å². The van der Waals surface area contributed by atoms with Crippen LogP contribution in [0.5, 0.6) is 0 Å². The van der Waals surface area contributed by atoms with E-state index >= 15 is 0 Å². The molecule has 0 aliphatic rings. The summed E-state index contributed by atoms with van der Waals surface area (Å²) in [5, 5.41) is 15.9. The SMILES string of the molecule is CC[C@@H](C)[C@H](NC(=O)NCCC(C)C)C(=O)[O-]. The number of hydrogen-bond acceptors (Lipinski definition) is 3. The molecule has 0 radical (unpaired) electrons. The van der Waals surface area contributed by atoms with E-state index in [1.54, 1.807) is 6.92 Å². The minimum Gasteiger partial charge on any atom is -0.548 e. The fraction of sp³-hybridized carbons (Fsp3) is 0.833. The van der Waals surface area contributed by atoms with Gasteiger partial charge in [-0.1, -0.05) is 34.1 Å². The van der Waals surface area contributed by atoms with Gasteiger partial charge in [-0.15, -0.1) is 0 Å². The maximum absolute atomic E-state index is 11.4. The van der Waals surface area contributed by atoms with E-state index in [9.17, 15) is 14.7 Å². The summed E-state index contributed by atoms with van der Waals surface area (Å²) in [4.78, 5) is 22.3. The molecule has 0 aromatic carbocycles. The highest BCUT2D eigenvalue weighted by Gasteiger charge is 2.18. The average molecular weight is 243 g/mol. The van der Waals surface area contributed by atoms with Gasteiger partial charge in [0.1, 0.15) is 0 Å². The number of carboxylic acids is 1. The van der Waals surface area contributed by atoms with Crippen molar-refractivity contribution in [3.63, 3.8) is 0 Å². The Balaban J connectivity index is 4.09. The molecule has 0 unspecified atom stereocenters. The summed E-state index contributed by atoms with van der Waals surface area (Å²) in [5.74, 6) is -0.879. The second-order valence-electron chi connectivity index (χ2n) is 4.76. The summed E-state index contributed by atoms with van der Waals surface area (Å²) in [6.07, 6.45) is 1.54. The first kappa shape index (κ1) is 15.7. The van der Waals surface area contributed by atoms with Crippen LogP contribution in [0, 0.1) is 11.8 Å². The Hall–Kier alpha value is -1.26. The van der Waals surface area contributed by atoms with Crippen molar-refractivity contribution < 1.29 is 14.7 Å². The molecule has 0 saturated carbocycles. The Morgan fingerprint density at radius 2 is 1.82 bits per heavy atom. The molecule has 5 nitrogen and oxygen atoms in total. The zero-order valence-corrected chi connectivity index (χ0v) is 11.1. The summed E-state index contributed by atoms with van der Waals surface area (Å²) >= 11 is 0. The van der Waals surface area contributed by atoms with Crippen LogP contribution >= 0.6 is 0 Å². The fourth-order valence-electron chi connectivity index (χ4n) is 1.34. The topological polar surface area (TPSA) is 81.3 Å². The van der Waals surface area contributed by atoms with Gasteiger partial charge in [-0.25, -0.2) is 4.79 Å². The highest BCUT2D eigenvalue weighted by Crippen LogP contribution is 2.06. The van der Waals surface area contributed by atoms with Crippen LogP contribution in [0.1, 0.15) is 40.5 Å². The van der Waals surface area contributed by atoms with E-state index < -0.39 is 18.0 Å². The van der Waals surface area contributed by atoms with Crippen LogP contribution in [0.4, 0.5) is 4.79 Å². The number of hydrogen-bond donors (Lipinski definition) is 2. The molecule has 0 fully saturated rings. The van der Waals surface area contributed by atoms with Gasteiger partial charge < -0.3 is 20.5 Å². The van der Waals surface area contributed by atoms with E-state index in [-0.39, 0.29) is 5.92 Å². The van der Waals surface area contributed by atoms with Crippen LogP contribution in [-0.4, -0.2) is 24.6 Å². The lowest BCUT2D eigenvalue weighted by Crippen LogP contribution is -2.54. The van der Waals surface area contributed by atoms with Crippen molar-refractivity contribution >= 4 is 12.0 Å². The number of carbonyl (C=O) groups excluding carboxylic acids is 2. The van der Waals surface area contributed by atoms with Crippen molar-refractivity contribution in [1.82, 2.24) is 10.6 Å². The fourth-order valence-corrected chi connectivity index (χ4v) is 1.34. The molecular formula is C12H23N2O3-. The molecule has 0 aliphatic carbocycles. The molecular weight excluding hydrogens is 220 g/mol. The molecule has 5 heteroatoms. The van der Waals surface area contributed by atoms with Gasteiger partial charge in [0.15, 0.2) is 0 Å². The van der Waals surface area contributed by atoms with Gasteiger partial charge in [-0.2, -0.15) is 0 Å². The summed E-state index contributed by atoms with van der Waals surface area (Å²) in [6, 6.07) is -1.38. The zero-order chi connectivity index (χ0) is 13.4. The maximum atomic E-state index is 11.4. The van der Waals surface area contributed by atoms with Crippen LogP contribution in [0.2, 0.25) is 0 Å². The maximum Gasteiger partial charge on any atom is 0.315 e. The summed E-state index contributed by atoms with van der Waals surface area (Å²) in [5.41, 5.74) is 0. The molecule has 100 valence electrons. The van der Waals surface area contributed by atoms with E-state index in [0.717, 1.165) is 6.42 Å². The first-order valence-electron chi connectivity index (χ1n) is 6.13. The highest BCUT2D eigenvalue weighted by molar-refractivity contribution is 5.81. The van der Waals surface area contributed by atoms with Gasteiger partial charge in [-0.05, 0) is 18.3 Å². The molecule has 2 amide bonds. The second-order valence-corrected chi connectivity index (χ2v) is 4.76. The minimum atomic E-state index is -1.24. The van der Waals surface area contributed by atoms with Gasteiger partial charge in [0, 0.05) is 6.54 Å². The minimum absolute atomic E-state index is 0.143. The predicted molar refractivity (Wildman–Crippen MR) is 64.2 cm³/mol. The lowest BCUT2D eigenvalue weighted by Gasteiger charge is -2.25. The van der Waals surface area contributed by atoms with Gasteiger partial charge in [-0.3, -0.25) is 0 Å². The molecule has 0 spiro atoms. The number of carboxylic acid groups (broad SMARTS) is 1. The van der Waals surface area contributed by atoms with Crippen molar-refractivity contribution in [3.8, 4) is 0 Å². The second kappa shape index (κ2) is 7.92. The molecule has 2 N–H and O–H groups in total. The Bertz CT molecular complexity index is 254. The summed E-state index contributed by atoms with van der Waals surface area (Å²) in [6.45, 7) is 8.31. The average Bonchev–Trinajstić information content (AvgIpc) is 2.24. The van der Waals surface area contributed by atoms with E-state index in [1.165, 1.54) is 0 Å². The van der Waals surface area contributed by atoms with E-state index in [2.05, 4.69) is 24.5 Å². The molecule has 17 heavy (non-hydrogen) atoms. The molecule has 0 aromatic rings. The first-order chi connectivity index (χ1) is 7.88. The van der Waals surface area contributed by atoms with Crippen molar-refractivity contribution in [2.45, 2.75) is 46.6 Å². The van der Waals surface area contributed by atoms with Gasteiger partial charge in [0.05, 0.1) is 12.0 Å². The van der Waals surface area contributed by atoms with Gasteiger partial charge in [0.25, 0.3) is 0 Å². The van der Waals surface area contributed by atoms with E-state index in [4.69, 9.17) is 0 Å². The van der Waals surface area contributed by atoms with Crippen LogP contribution in [0.25, 0.3) is 0 Å². The van der Waals surface area contributed by atoms with Crippen LogP contribution in [0.3, 0.4) is 0 Å². The number of carbonyl (C=O) groups is 2. The number of amides is 2. The third-order valence-corrected chi connectivity index (χ3v) is 2.76. The molecule has 0 aliphatic heterocycles. The number of urea groups is 1. The zero-order valence-electron chi connectivity index (χ0n) is 11.1. The van der Waals surface area contributed by atoms with Gasteiger partial charge >= 0.3 is 6.03 Å². The Morgan fingerprint density at radius 3 is 2.24 bits per heavy atom. The predicted octanol–water partition coefficient (Wildman–Crippen LogP) is 0.496. The van der Waals surface area contributed by atoms with Crippen molar-refractivity contribution in [1.29, 1.82) is 0 Å². The summed E-state index contributed by atoms with van der Waals surface area (Å²) < 4.78 is 0. The number of nitrogens with one attached hydrogen (secondary N) is 2. The molecule has 0 heterocycles. The van der Waals surface area contributed by atoms with E-state index in [1.807, 2.05) is 6.92 Å². The van der Waals surface area contributed by atoms with Crippen molar-refractivity contribution in [2.75, 3.05) is 6.54 Å². The molecule has 0 rings (SSSR count). The van der Waals surface area contributed by atoms with Crippen LogP contribution in [0.15, 0.2) is 0 Å². The lowest BCUT2D eigenvalue weighted by molar-refractivity contribution is -0.309. The lowest BCUT2D eigenvalue weighted by atomic mass is 9.99. The highest BCUT2D eigenvalue weighted by atomic mass is 16.4. The standard InChI is InChI=1S/C12H24N2O3/c1-5-9(4)10(11(15)16)14-12(17)13-7-6-8(2)3/h8-10H,5-7H2,1-4H3,(H,15,16)(H2,13,14,17)/p-1/t9-,10+/m1/s1. The quantitative estimate of drug-likeness (QED) is 0.683. The molecule has 0 bridgehead atoms. The monoisotopic (exact) mass is 243 g/mol. The molecule has 0 aromatic heterocycles. The normalized spacial score (nSPS) is 14.2. The number of rotatable bonds is 7. The van der Waals surface area contributed by atoms with Crippen LogP contribution < -0.4 is 15.7 Å². The smallest absolute Gasteiger partial charge is 0.315 e. The Morgan fingerprint density at radius 1 is 1.24 bits per heavy atom. The Labute approximate surface area is 103 Å². The van der Waals surface area contributed by atoms with Crippen molar-refractivity contribution in [3.05, 3.63) is 0 Å². The molecule has 0 saturated heterocycles. The van der Waals surface area contributed by atoms with Crippen molar-refractivity contribution in [2.24, 2.45) is 11.8 Å². The summed E-state index contributed by atoms with van der Waals surface area (Å²) in [7, 11) is 0. The number of aliphatic carboxylic acids is 1.